The average Bonchev–Trinajstić information content (AvgIpc) is 2.99. The third kappa shape index (κ3) is 5.72. The van der Waals surface area contributed by atoms with Crippen molar-refractivity contribution in [3.63, 3.8) is 0 Å². The van der Waals surface area contributed by atoms with Gasteiger partial charge in [0.05, 0.1) is 0 Å². The van der Waals surface area contributed by atoms with Gasteiger partial charge in [-0.05, 0) is 37.0 Å². The zero-order valence-corrected chi connectivity index (χ0v) is 17.7. The van der Waals surface area contributed by atoms with Crippen LogP contribution in [-0.4, -0.2) is 36.3 Å². The summed E-state index contributed by atoms with van der Waals surface area (Å²) in [5.41, 5.74) is -0.647. The summed E-state index contributed by atoms with van der Waals surface area (Å²) in [4.78, 5) is 27.2. The fraction of sp³-hybridized carbons (Fsp3) is 0.905. The van der Waals surface area contributed by atoms with E-state index in [2.05, 4.69) is 33.0 Å². The van der Waals surface area contributed by atoms with Crippen LogP contribution in [0, 0.1) is 28.6 Å². The van der Waals surface area contributed by atoms with Crippen molar-refractivity contribution in [2.24, 2.45) is 28.6 Å². The number of likely N-dealkylation sites (tertiary alicyclic amines) is 1. The summed E-state index contributed by atoms with van der Waals surface area (Å²) in [6.07, 6.45) is 2.92. The molecule has 2 atom stereocenters. The maximum absolute atomic E-state index is 12.6. The van der Waals surface area contributed by atoms with Gasteiger partial charge >= 0.3 is 0 Å². The highest BCUT2D eigenvalue weighted by atomic mass is 16.2. The molecule has 146 valence electrons. The second kappa shape index (κ2) is 8.55. The van der Waals surface area contributed by atoms with E-state index in [9.17, 15) is 9.59 Å². The summed E-state index contributed by atoms with van der Waals surface area (Å²) in [5.74, 6) is 1.68. The SMILES string of the molecule is CCC(C)(C)C(=O)N1CCC(CC(C)C(C)(C)C(=O)NCC(C)C)C1. The molecule has 0 spiro atoms. The van der Waals surface area contributed by atoms with Gasteiger partial charge in [-0.2, -0.15) is 0 Å². The Hall–Kier alpha value is -1.06. The summed E-state index contributed by atoms with van der Waals surface area (Å²) in [7, 11) is 0. The summed E-state index contributed by atoms with van der Waals surface area (Å²) in [5, 5.41) is 3.08. The van der Waals surface area contributed by atoms with Gasteiger partial charge in [0, 0.05) is 30.5 Å². The smallest absolute Gasteiger partial charge is 0.228 e. The summed E-state index contributed by atoms with van der Waals surface area (Å²) in [6.45, 7) is 19.1. The van der Waals surface area contributed by atoms with Gasteiger partial charge in [0.25, 0.3) is 0 Å². The molecule has 0 aromatic carbocycles. The molecule has 2 unspecified atom stereocenters. The van der Waals surface area contributed by atoms with Crippen molar-refractivity contribution in [1.29, 1.82) is 0 Å². The van der Waals surface area contributed by atoms with Gasteiger partial charge in [-0.1, -0.05) is 55.4 Å². The van der Waals surface area contributed by atoms with E-state index in [0.717, 1.165) is 38.9 Å². The Labute approximate surface area is 155 Å². The van der Waals surface area contributed by atoms with Crippen molar-refractivity contribution in [2.45, 2.75) is 74.7 Å². The number of hydrogen-bond acceptors (Lipinski definition) is 2. The second-order valence-electron chi connectivity index (χ2n) is 9.61. The first-order chi connectivity index (χ1) is 11.4. The normalized spacial score (nSPS) is 20.0. The largest absolute Gasteiger partial charge is 0.355 e. The zero-order chi connectivity index (χ0) is 19.4. The van der Waals surface area contributed by atoms with E-state index in [0.29, 0.717) is 17.8 Å². The van der Waals surface area contributed by atoms with Gasteiger partial charge in [-0.25, -0.2) is 0 Å². The number of hydrogen-bond donors (Lipinski definition) is 1. The highest BCUT2D eigenvalue weighted by Gasteiger charge is 2.39. The quantitative estimate of drug-likeness (QED) is 0.715. The minimum Gasteiger partial charge on any atom is -0.355 e. The van der Waals surface area contributed by atoms with Crippen LogP contribution < -0.4 is 5.32 Å². The Morgan fingerprint density at radius 2 is 1.76 bits per heavy atom. The van der Waals surface area contributed by atoms with Gasteiger partial charge in [-0.15, -0.1) is 0 Å². The molecule has 0 aromatic rings. The van der Waals surface area contributed by atoms with Gasteiger partial charge in [0.1, 0.15) is 0 Å². The molecule has 25 heavy (non-hydrogen) atoms. The lowest BCUT2D eigenvalue weighted by Gasteiger charge is -2.33. The number of carbonyl (C=O) groups is 2. The van der Waals surface area contributed by atoms with Crippen molar-refractivity contribution >= 4 is 11.8 Å². The predicted octanol–water partition coefficient (Wildman–Crippen LogP) is 4.10. The lowest BCUT2D eigenvalue weighted by molar-refractivity contribution is -0.139. The van der Waals surface area contributed by atoms with E-state index in [4.69, 9.17) is 0 Å². The van der Waals surface area contributed by atoms with Crippen LogP contribution in [0.1, 0.15) is 74.7 Å². The van der Waals surface area contributed by atoms with Crippen LogP contribution in [0.25, 0.3) is 0 Å². The Morgan fingerprint density at radius 3 is 2.28 bits per heavy atom. The number of carbonyl (C=O) groups excluding carboxylic acids is 2. The highest BCUT2D eigenvalue weighted by Crippen LogP contribution is 2.36. The van der Waals surface area contributed by atoms with E-state index in [1.807, 2.05) is 32.6 Å². The van der Waals surface area contributed by atoms with Crippen LogP contribution in [0.2, 0.25) is 0 Å². The molecule has 1 rings (SSSR count). The van der Waals surface area contributed by atoms with E-state index in [-0.39, 0.29) is 22.6 Å². The third-order valence-electron chi connectivity index (χ3n) is 6.21. The van der Waals surface area contributed by atoms with Gasteiger partial charge in [0.2, 0.25) is 11.8 Å². The number of nitrogens with one attached hydrogen (secondary N) is 1. The van der Waals surface area contributed by atoms with E-state index >= 15 is 0 Å². The standard InChI is InChI=1S/C21H40N2O2/c1-9-20(5,6)19(25)23-11-10-17(14-23)12-16(4)21(7,8)18(24)22-13-15(2)3/h15-17H,9-14H2,1-8H3,(H,22,24). The fourth-order valence-corrected chi connectivity index (χ4v) is 3.33. The lowest BCUT2D eigenvalue weighted by Crippen LogP contribution is -2.43. The zero-order valence-electron chi connectivity index (χ0n) is 17.7. The van der Waals surface area contributed by atoms with Crippen LogP contribution >= 0.6 is 0 Å². The molecule has 1 saturated heterocycles. The first kappa shape index (κ1) is 22.0. The molecule has 0 aliphatic carbocycles. The molecular formula is C21H40N2O2. The fourth-order valence-electron chi connectivity index (χ4n) is 3.33. The summed E-state index contributed by atoms with van der Waals surface area (Å²) >= 11 is 0. The Kier molecular flexibility index (Phi) is 7.52. The highest BCUT2D eigenvalue weighted by molar-refractivity contribution is 5.82. The number of nitrogens with zero attached hydrogens (tertiary/aromatic N) is 1. The minimum atomic E-state index is -0.380. The van der Waals surface area contributed by atoms with Gasteiger partial charge in [0.15, 0.2) is 0 Å². The molecule has 1 N–H and O–H groups in total. The first-order valence-electron chi connectivity index (χ1n) is 9.99. The van der Waals surface area contributed by atoms with Crippen molar-refractivity contribution in [2.75, 3.05) is 19.6 Å². The summed E-state index contributed by atoms with van der Waals surface area (Å²) < 4.78 is 0. The average molecular weight is 353 g/mol. The van der Waals surface area contributed by atoms with Crippen molar-refractivity contribution in [3.8, 4) is 0 Å². The minimum absolute atomic E-state index is 0.145. The van der Waals surface area contributed by atoms with Gasteiger partial charge in [-0.3, -0.25) is 9.59 Å². The molecule has 1 heterocycles. The molecular weight excluding hydrogens is 312 g/mol. The maximum Gasteiger partial charge on any atom is 0.228 e. The topological polar surface area (TPSA) is 49.4 Å². The van der Waals surface area contributed by atoms with Crippen molar-refractivity contribution < 1.29 is 9.59 Å². The van der Waals surface area contributed by atoms with Crippen LogP contribution in [-0.2, 0) is 9.59 Å². The molecule has 4 heteroatoms. The molecule has 1 fully saturated rings. The third-order valence-corrected chi connectivity index (χ3v) is 6.21. The number of rotatable bonds is 8. The first-order valence-corrected chi connectivity index (χ1v) is 9.99. The second-order valence-corrected chi connectivity index (χ2v) is 9.61. The van der Waals surface area contributed by atoms with Crippen LogP contribution in [0.5, 0.6) is 0 Å². The number of amides is 2. The van der Waals surface area contributed by atoms with E-state index < -0.39 is 0 Å². The van der Waals surface area contributed by atoms with Crippen molar-refractivity contribution in [1.82, 2.24) is 10.2 Å². The maximum atomic E-state index is 12.6. The molecule has 0 aromatic heterocycles. The van der Waals surface area contributed by atoms with Crippen LogP contribution in [0.3, 0.4) is 0 Å². The van der Waals surface area contributed by atoms with E-state index in [1.165, 1.54) is 0 Å². The van der Waals surface area contributed by atoms with Gasteiger partial charge < -0.3 is 10.2 Å². The molecule has 0 saturated carbocycles. The Morgan fingerprint density at radius 1 is 1.16 bits per heavy atom. The molecule has 1 aliphatic heterocycles. The summed E-state index contributed by atoms with van der Waals surface area (Å²) in [6, 6.07) is 0. The monoisotopic (exact) mass is 352 g/mol. The predicted molar refractivity (Wildman–Crippen MR) is 104 cm³/mol. The Balaban J connectivity index is 2.59. The van der Waals surface area contributed by atoms with Crippen molar-refractivity contribution in [3.05, 3.63) is 0 Å². The molecule has 1 aliphatic rings. The van der Waals surface area contributed by atoms with Crippen LogP contribution in [0.4, 0.5) is 0 Å². The molecule has 0 bridgehead atoms. The molecule has 2 amide bonds. The molecule has 4 nitrogen and oxygen atoms in total. The van der Waals surface area contributed by atoms with Crippen LogP contribution in [0.15, 0.2) is 0 Å². The Bertz CT molecular complexity index is 469. The van der Waals surface area contributed by atoms with E-state index in [1.54, 1.807) is 0 Å². The lowest BCUT2D eigenvalue weighted by atomic mass is 9.74. The molecule has 0 radical (unpaired) electrons.